The average molecular weight is 331 g/mol. The van der Waals surface area contributed by atoms with E-state index < -0.39 is 0 Å². The van der Waals surface area contributed by atoms with Crippen LogP contribution in [0.2, 0.25) is 0 Å². The molecule has 2 saturated heterocycles. The number of nitrogens with one attached hydrogen (secondary N) is 2. The lowest BCUT2D eigenvalue weighted by Crippen LogP contribution is -2.48. The van der Waals surface area contributed by atoms with Crippen molar-refractivity contribution in [2.45, 2.75) is 38.3 Å². The highest BCUT2D eigenvalue weighted by atomic mass is 16.5. The summed E-state index contributed by atoms with van der Waals surface area (Å²) in [5.41, 5.74) is 1.36. The lowest BCUT2D eigenvalue weighted by molar-refractivity contribution is 0.0668. The molecular formula is C19H29N3O2. The van der Waals surface area contributed by atoms with E-state index >= 15 is 0 Å². The number of amides is 2. The van der Waals surface area contributed by atoms with Gasteiger partial charge in [-0.15, -0.1) is 0 Å². The molecule has 3 rings (SSSR count). The van der Waals surface area contributed by atoms with E-state index in [1.165, 1.54) is 5.56 Å². The SMILES string of the molecule is O=C(NCC1CCOCC1)NC1CCN(Cc2ccccc2)CC1. The van der Waals surface area contributed by atoms with Crippen LogP contribution in [0.5, 0.6) is 0 Å². The maximum Gasteiger partial charge on any atom is 0.315 e. The third kappa shape index (κ3) is 5.49. The molecule has 24 heavy (non-hydrogen) atoms. The van der Waals surface area contributed by atoms with Crippen molar-refractivity contribution in [3.05, 3.63) is 35.9 Å². The summed E-state index contributed by atoms with van der Waals surface area (Å²) in [6.45, 7) is 5.51. The molecule has 0 aromatic heterocycles. The Morgan fingerprint density at radius 3 is 2.50 bits per heavy atom. The minimum absolute atomic E-state index is 0.0111. The Kier molecular flexibility index (Phi) is 6.49. The van der Waals surface area contributed by atoms with Gasteiger partial charge in [-0.2, -0.15) is 0 Å². The summed E-state index contributed by atoms with van der Waals surface area (Å²) in [4.78, 5) is 14.5. The van der Waals surface area contributed by atoms with Gasteiger partial charge in [0.25, 0.3) is 0 Å². The maximum atomic E-state index is 12.1. The van der Waals surface area contributed by atoms with Crippen LogP contribution in [0.3, 0.4) is 0 Å². The second-order valence-corrected chi connectivity index (χ2v) is 6.95. The molecule has 2 amide bonds. The Morgan fingerprint density at radius 2 is 1.79 bits per heavy atom. The number of likely N-dealkylation sites (tertiary alicyclic amines) is 1. The van der Waals surface area contributed by atoms with Crippen molar-refractivity contribution in [2.75, 3.05) is 32.8 Å². The van der Waals surface area contributed by atoms with Crippen molar-refractivity contribution in [3.8, 4) is 0 Å². The fourth-order valence-corrected chi connectivity index (χ4v) is 3.50. The number of ether oxygens (including phenoxy) is 1. The summed E-state index contributed by atoms with van der Waals surface area (Å²) in [5.74, 6) is 0.567. The first-order valence-corrected chi connectivity index (χ1v) is 9.18. The Balaban J connectivity index is 1.32. The number of nitrogens with zero attached hydrogens (tertiary/aromatic N) is 1. The van der Waals surface area contributed by atoms with Crippen LogP contribution in [0.15, 0.2) is 30.3 Å². The van der Waals surface area contributed by atoms with Gasteiger partial charge in [-0.1, -0.05) is 30.3 Å². The minimum Gasteiger partial charge on any atom is -0.381 e. The largest absolute Gasteiger partial charge is 0.381 e. The van der Waals surface area contributed by atoms with Crippen LogP contribution in [0.1, 0.15) is 31.2 Å². The first-order valence-electron chi connectivity index (χ1n) is 9.18. The minimum atomic E-state index is -0.0111. The van der Waals surface area contributed by atoms with Crippen LogP contribution >= 0.6 is 0 Å². The molecule has 0 aliphatic carbocycles. The van der Waals surface area contributed by atoms with E-state index in [1.807, 2.05) is 0 Å². The monoisotopic (exact) mass is 331 g/mol. The Labute approximate surface area is 144 Å². The molecule has 1 aromatic rings. The van der Waals surface area contributed by atoms with Gasteiger partial charge in [0, 0.05) is 45.4 Å². The Morgan fingerprint density at radius 1 is 1.08 bits per heavy atom. The lowest BCUT2D eigenvalue weighted by Gasteiger charge is -2.32. The van der Waals surface area contributed by atoms with Crippen molar-refractivity contribution in [2.24, 2.45) is 5.92 Å². The van der Waals surface area contributed by atoms with E-state index in [4.69, 9.17) is 4.74 Å². The molecule has 2 heterocycles. The number of piperidine rings is 1. The van der Waals surface area contributed by atoms with Crippen LogP contribution in [-0.4, -0.2) is 49.8 Å². The molecule has 0 bridgehead atoms. The fraction of sp³-hybridized carbons (Fsp3) is 0.632. The quantitative estimate of drug-likeness (QED) is 0.871. The Bertz CT molecular complexity index is 495. The summed E-state index contributed by atoms with van der Waals surface area (Å²) >= 11 is 0. The zero-order valence-corrected chi connectivity index (χ0v) is 14.4. The smallest absolute Gasteiger partial charge is 0.315 e. The van der Waals surface area contributed by atoms with Gasteiger partial charge in [-0.25, -0.2) is 4.79 Å². The predicted octanol–water partition coefficient (Wildman–Crippen LogP) is 2.38. The van der Waals surface area contributed by atoms with E-state index in [1.54, 1.807) is 0 Å². The summed E-state index contributed by atoms with van der Waals surface area (Å²) in [6, 6.07) is 10.9. The van der Waals surface area contributed by atoms with Crippen LogP contribution < -0.4 is 10.6 Å². The molecule has 2 fully saturated rings. The van der Waals surface area contributed by atoms with E-state index in [0.717, 1.165) is 65.1 Å². The molecule has 0 radical (unpaired) electrons. The number of hydrogen-bond acceptors (Lipinski definition) is 3. The van der Waals surface area contributed by atoms with Gasteiger partial charge >= 0.3 is 6.03 Å². The summed E-state index contributed by atoms with van der Waals surface area (Å²) in [5, 5.41) is 6.17. The number of carbonyl (C=O) groups excluding carboxylic acids is 1. The third-order valence-corrected chi connectivity index (χ3v) is 5.06. The van der Waals surface area contributed by atoms with E-state index in [0.29, 0.717) is 12.0 Å². The first kappa shape index (κ1) is 17.2. The van der Waals surface area contributed by atoms with Crippen LogP contribution in [0.25, 0.3) is 0 Å². The molecule has 0 saturated carbocycles. The van der Waals surface area contributed by atoms with E-state index in [2.05, 4.69) is 45.9 Å². The summed E-state index contributed by atoms with van der Waals surface area (Å²) < 4.78 is 5.35. The van der Waals surface area contributed by atoms with Crippen molar-refractivity contribution in [1.82, 2.24) is 15.5 Å². The van der Waals surface area contributed by atoms with Gasteiger partial charge in [0.15, 0.2) is 0 Å². The van der Waals surface area contributed by atoms with Crippen molar-refractivity contribution >= 4 is 6.03 Å². The second kappa shape index (κ2) is 9.04. The van der Waals surface area contributed by atoms with E-state index in [-0.39, 0.29) is 6.03 Å². The molecule has 132 valence electrons. The summed E-state index contributed by atoms with van der Waals surface area (Å²) in [6.07, 6.45) is 4.16. The lowest BCUT2D eigenvalue weighted by atomic mass is 10.0. The van der Waals surface area contributed by atoms with Crippen LogP contribution in [0.4, 0.5) is 4.79 Å². The van der Waals surface area contributed by atoms with Gasteiger partial charge in [-0.3, -0.25) is 4.90 Å². The highest BCUT2D eigenvalue weighted by Crippen LogP contribution is 2.15. The molecule has 0 unspecified atom stereocenters. The molecule has 2 aliphatic rings. The topological polar surface area (TPSA) is 53.6 Å². The van der Waals surface area contributed by atoms with Crippen molar-refractivity contribution in [3.63, 3.8) is 0 Å². The van der Waals surface area contributed by atoms with E-state index in [9.17, 15) is 4.79 Å². The number of carbonyl (C=O) groups is 1. The molecule has 5 nitrogen and oxygen atoms in total. The molecule has 0 atom stereocenters. The van der Waals surface area contributed by atoms with Gasteiger partial charge in [0.05, 0.1) is 0 Å². The van der Waals surface area contributed by atoms with Crippen molar-refractivity contribution in [1.29, 1.82) is 0 Å². The number of hydrogen-bond donors (Lipinski definition) is 2. The number of benzene rings is 1. The standard InChI is InChI=1S/C19H29N3O2/c23-19(20-14-16-8-12-24-13-9-16)21-18-6-10-22(11-7-18)15-17-4-2-1-3-5-17/h1-5,16,18H,6-15H2,(H2,20,21,23). The zero-order chi connectivity index (χ0) is 16.6. The molecule has 0 spiro atoms. The molecular weight excluding hydrogens is 302 g/mol. The molecule has 2 aliphatic heterocycles. The third-order valence-electron chi connectivity index (χ3n) is 5.06. The van der Waals surface area contributed by atoms with Gasteiger partial charge in [-0.05, 0) is 37.2 Å². The maximum absolute atomic E-state index is 12.1. The summed E-state index contributed by atoms with van der Waals surface area (Å²) in [7, 11) is 0. The number of rotatable bonds is 5. The zero-order valence-electron chi connectivity index (χ0n) is 14.4. The van der Waals surface area contributed by atoms with Crippen LogP contribution in [0, 0.1) is 5.92 Å². The molecule has 5 heteroatoms. The van der Waals surface area contributed by atoms with Crippen molar-refractivity contribution < 1.29 is 9.53 Å². The molecule has 1 aromatic carbocycles. The normalized spacial score (nSPS) is 20.7. The van der Waals surface area contributed by atoms with Crippen LogP contribution in [-0.2, 0) is 11.3 Å². The van der Waals surface area contributed by atoms with Gasteiger partial charge < -0.3 is 15.4 Å². The highest BCUT2D eigenvalue weighted by molar-refractivity contribution is 5.74. The first-order chi connectivity index (χ1) is 11.8. The highest BCUT2D eigenvalue weighted by Gasteiger charge is 2.21. The van der Waals surface area contributed by atoms with Gasteiger partial charge in [0.1, 0.15) is 0 Å². The van der Waals surface area contributed by atoms with Gasteiger partial charge in [0.2, 0.25) is 0 Å². The second-order valence-electron chi connectivity index (χ2n) is 6.95. The predicted molar refractivity (Wildman–Crippen MR) is 94.8 cm³/mol. The Hall–Kier alpha value is -1.59. The number of urea groups is 1. The molecule has 2 N–H and O–H groups in total. The fourth-order valence-electron chi connectivity index (χ4n) is 3.50. The average Bonchev–Trinajstić information content (AvgIpc) is 2.63.